The molecule has 1 fully saturated rings. The molecule has 0 aromatic heterocycles. The molecule has 3 atom stereocenters. The molecule has 34 heavy (non-hydrogen) atoms. The van der Waals surface area contributed by atoms with Gasteiger partial charge in [0, 0.05) is 12.3 Å². The van der Waals surface area contributed by atoms with Crippen molar-refractivity contribution in [2.75, 3.05) is 33.0 Å². The minimum atomic E-state index is -0.157. The summed E-state index contributed by atoms with van der Waals surface area (Å²) in [7, 11) is 0. The Bertz CT molecular complexity index is 579. The standard InChI is InChI=1S/C28H51NO5/c1-5-8-11-13-16-24(15-12-9-6-2)25-21-27(31)29(28(25)32)17-18-33-19-20-34-22-26(30)23(4)14-10-7-3/h23-25H,5-22H2,1-4H3. The summed E-state index contributed by atoms with van der Waals surface area (Å²) >= 11 is 0. The summed E-state index contributed by atoms with van der Waals surface area (Å²) in [6, 6.07) is 0. The molecule has 1 aliphatic heterocycles. The molecule has 3 unspecified atom stereocenters. The van der Waals surface area contributed by atoms with Crippen LogP contribution in [-0.4, -0.2) is 55.5 Å². The first-order chi connectivity index (χ1) is 16.5. The van der Waals surface area contributed by atoms with E-state index < -0.39 is 0 Å². The van der Waals surface area contributed by atoms with Gasteiger partial charge >= 0.3 is 0 Å². The second-order valence-electron chi connectivity index (χ2n) is 9.97. The first-order valence-electron chi connectivity index (χ1n) is 14.0. The second-order valence-corrected chi connectivity index (χ2v) is 9.97. The number of hydrogen-bond acceptors (Lipinski definition) is 5. The van der Waals surface area contributed by atoms with E-state index in [1.165, 1.54) is 37.0 Å². The van der Waals surface area contributed by atoms with E-state index in [0.717, 1.165) is 44.9 Å². The van der Waals surface area contributed by atoms with Gasteiger partial charge in [-0.2, -0.15) is 0 Å². The van der Waals surface area contributed by atoms with Crippen LogP contribution in [0, 0.1) is 17.8 Å². The van der Waals surface area contributed by atoms with Crippen LogP contribution in [0.4, 0.5) is 0 Å². The Labute approximate surface area is 208 Å². The number of rotatable bonds is 22. The predicted octanol–water partition coefficient (Wildman–Crippen LogP) is 5.96. The van der Waals surface area contributed by atoms with E-state index in [1.54, 1.807) is 0 Å². The van der Waals surface area contributed by atoms with E-state index >= 15 is 0 Å². The van der Waals surface area contributed by atoms with Crippen LogP contribution in [0.5, 0.6) is 0 Å². The highest BCUT2D eigenvalue weighted by atomic mass is 16.5. The molecule has 0 bridgehead atoms. The van der Waals surface area contributed by atoms with Crippen LogP contribution in [0.25, 0.3) is 0 Å². The van der Waals surface area contributed by atoms with Gasteiger partial charge in [-0.15, -0.1) is 0 Å². The van der Waals surface area contributed by atoms with Crippen LogP contribution in [0.2, 0.25) is 0 Å². The molecule has 0 radical (unpaired) electrons. The summed E-state index contributed by atoms with van der Waals surface area (Å²) in [4.78, 5) is 39.0. The Morgan fingerprint density at radius 1 is 0.853 bits per heavy atom. The molecule has 1 saturated heterocycles. The van der Waals surface area contributed by atoms with Crippen molar-refractivity contribution in [2.24, 2.45) is 17.8 Å². The highest BCUT2D eigenvalue weighted by Gasteiger charge is 2.41. The number of nitrogens with zero attached hydrogens (tertiary/aromatic N) is 1. The third-order valence-electron chi connectivity index (χ3n) is 7.07. The molecule has 6 nitrogen and oxygen atoms in total. The first kappa shape index (κ1) is 30.8. The number of imide groups is 1. The molecule has 0 aliphatic carbocycles. The fraction of sp³-hybridized carbons (Fsp3) is 0.893. The summed E-state index contributed by atoms with van der Waals surface area (Å²) in [5.41, 5.74) is 0. The Balaban J connectivity index is 2.34. The Kier molecular flexibility index (Phi) is 17.2. The molecular weight excluding hydrogens is 430 g/mol. The van der Waals surface area contributed by atoms with Crippen molar-refractivity contribution < 1.29 is 23.9 Å². The van der Waals surface area contributed by atoms with Crippen molar-refractivity contribution in [3.63, 3.8) is 0 Å². The number of likely N-dealkylation sites (tertiary alicyclic amines) is 1. The fourth-order valence-electron chi connectivity index (χ4n) is 4.71. The second kappa shape index (κ2) is 19.0. The molecule has 0 N–H and O–H groups in total. The number of amides is 2. The molecule has 1 rings (SSSR count). The smallest absolute Gasteiger partial charge is 0.233 e. The van der Waals surface area contributed by atoms with Gasteiger partial charge in [-0.3, -0.25) is 19.3 Å². The lowest BCUT2D eigenvalue weighted by Gasteiger charge is -2.22. The Hall–Kier alpha value is -1.27. The average molecular weight is 482 g/mol. The highest BCUT2D eigenvalue weighted by Crippen LogP contribution is 2.33. The van der Waals surface area contributed by atoms with Gasteiger partial charge in [0.25, 0.3) is 0 Å². The van der Waals surface area contributed by atoms with Gasteiger partial charge in [0.1, 0.15) is 6.61 Å². The molecule has 198 valence electrons. The molecule has 0 aromatic carbocycles. The number of Topliss-reactive ketones (excluding diaryl/α,β-unsaturated/α-hetero) is 1. The molecule has 6 heteroatoms. The van der Waals surface area contributed by atoms with Crippen molar-refractivity contribution in [1.29, 1.82) is 0 Å². The Morgan fingerprint density at radius 2 is 1.47 bits per heavy atom. The van der Waals surface area contributed by atoms with Gasteiger partial charge in [0.05, 0.1) is 32.3 Å². The van der Waals surface area contributed by atoms with Gasteiger partial charge < -0.3 is 9.47 Å². The molecule has 0 aromatic rings. The molecule has 1 heterocycles. The zero-order valence-corrected chi connectivity index (χ0v) is 22.4. The topological polar surface area (TPSA) is 72.9 Å². The van der Waals surface area contributed by atoms with Gasteiger partial charge in [0.15, 0.2) is 5.78 Å². The van der Waals surface area contributed by atoms with Crippen LogP contribution in [0.3, 0.4) is 0 Å². The van der Waals surface area contributed by atoms with Crippen molar-refractivity contribution in [3.8, 4) is 0 Å². The summed E-state index contributed by atoms with van der Waals surface area (Å²) in [5.74, 6) is 0.268. The number of hydrogen-bond donors (Lipinski definition) is 0. The first-order valence-corrected chi connectivity index (χ1v) is 14.0. The quantitative estimate of drug-likeness (QED) is 0.141. The lowest BCUT2D eigenvalue weighted by atomic mass is 9.82. The minimum absolute atomic E-state index is 0.00602. The number of ketones is 1. The zero-order valence-electron chi connectivity index (χ0n) is 22.4. The van der Waals surface area contributed by atoms with E-state index in [0.29, 0.717) is 38.7 Å². The van der Waals surface area contributed by atoms with E-state index in [2.05, 4.69) is 20.8 Å². The summed E-state index contributed by atoms with van der Waals surface area (Å²) in [5, 5.41) is 0. The molecule has 0 spiro atoms. The maximum Gasteiger partial charge on any atom is 0.233 e. The highest BCUT2D eigenvalue weighted by molar-refractivity contribution is 6.03. The maximum atomic E-state index is 13.0. The van der Waals surface area contributed by atoms with E-state index in [1.807, 2.05) is 6.92 Å². The predicted molar refractivity (Wildman–Crippen MR) is 137 cm³/mol. The van der Waals surface area contributed by atoms with Crippen LogP contribution < -0.4 is 0 Å². The van der Waals surface area contributed by atoms with Gasteiger partial charge in [-0.1, -0.05) is 85.5 Å². The summed E-state index contributed by atoms with van der Waals surface area (Å²) in [6.45, 7) is 9.91. The van der Waals surface area contributed by atoms with Crippen LogP contribution in [0.15, 0.2) is 0 Å². The van der Waals surface area contributed by atoms with Crippen LogP contribution >= 0.6 is 0 Å². The minimum Gasteiger partial charge on any atom is -0.377 e. The molecule has 1 aliphatic rings. The fourth-order valence-corrected chi connectivity index (χ4v) is 4.71. The molecular formula is C28H51NO5. The van der Waals surface area contributed by atoms with Gasteiger partial charge in [0.2, 0.25) is 11.8 Å². The summed E-state index contributed by atoms with van der Waals surface area (Å²) in [6.07, 6.45) is 13.8. The van der Waals surface area contributed by atoms with Gasteiger partial charge in [-0.05, 0) is 25.2 Å². The van der Waals surface area contributed by atoms with E-state index in [-0.39, 0.29) is 36.0 Å². The lowest BCUT2D eigenvalue weighted by molar-refractivity contribution is -0.141. The normalized spacial score (nSPS) is 18.0. The lowest BCUT2D eigenvalue weighted by Crippen LogP contribution is -2.35. The molecule has 2 amide bonds. The van der Waals surface area contributed by atoms with Crippen molar-refractivity contribution in [3.05, 3.63) is 0 Å². The van der Waals surface area contributed by atoms with Gasteiger partial charge in [-0.25, -0.2) is 0 Å². The van der Waals surface area contributed by atoms with E-state index in [4.69, 9.17) is 9.47 Å². The average Bonchev–Trinajstić information content (AvgIpc) is 3.11. The summed E-state index contributed by atoms with van der Waals surface area (Å²) < 4.78 is 11.0. The largest absolute Gasteiger partial charge is 0.377 e. The zero-order chi connectivity index (χ0) is 25.2. The third kappa shape index (κ3) is 11.9. The number of unbranched alkanes of at least 4 members (excludes halogenated alkanes) is 6. The Morgan fingerprint density at radius 3 is 2.15 bits per heavy atom. The van der Waals surface area contributed by atoms with Crippen molar-refractivity contribution in [2.45, 2.75) is 111 Å². The van der Waals surface area contributed by atoms with Crippen LogP contribution in [0.1, 0.15) is 111 Å². The molecule has 0 saturated carbocycles. The maximum absolute atomic E-state index is 13.0. The van der Waals surface area contributed by atoms with Crippen molar-refractivity contribution in [1.82, 2.24) is 4.90 Å². The SMILES string of the molecule is CCCCCCC(CCCCC)C1CC(=O)N(CCOCCOCC(=O)C(C)CCCC)C1=O. The monoisotopic (exact) mass is 481 g/mol. The van der Waals surface area contributed by atoms with Crippen LogP contribution in [-0.2, 0) is 23.9 Å². The van der Waals surface area contributed by atoms with E-state index in [9.17, 15) is 14.4 Å². The van der Waals surface area contributed by atoms with Crippen molar-refractivity contribution >= 4 is 17.6 Å². The number of ether oxygens (including phenoxy) is 2. The number of carbonyl (C=O) groups is 3. The third-order valence-corrected chi connectivity index (χ3v) is 7.07. The number of carbonyl (C=O) groups excluding carboxylic acids is 3.